The van der Waals surface area contributed by atoms with Gasteiger partial charge in [0, 0.05) is 11.6 Å². The van der Waals surface area contributed by atoms with E-state index in [4.69, 9.17) is 5.73 Å². The number of rotatable bonds is 7. The van der Waals surface area contributed by atoms with Crippen LogP contribution >= 0.6 is 0 Å². The number of hydrogen-bond donors (Lipinski definition) is 3. The number of nitrogens with two attached hydrogens (primary N) is 1. The van der Waals surface area contributed by atoms with E-state index in [1.807, 2.05) is 0 Å². The van der Waals surface area contributed by atoms with Crippen molar-refractivity contribution in [2.75, 3.05) is 5.32 Å². The number of nitrogens with one attached hydrogen (secondary N) is 1. The predicted octanol–water partition coefficient (Wildman–Crippen LogP) is 1.75. The topological polar surface area (TPSA) is 136 Å². The zero-order chi connectivity index (χ0) is 16.2. The van der Waals surface area contributed by atoms with E-state index in [0.717, 1.165) is 6.07 Å². The lowest BCUT2D eigenvalue weighted by Gasteiger charge is -2.29. The van der Waals surface area contributed by atoms with E-state index < -0.39 is 22.3 Å². The number of carboxylic acids is 1. The molecule has 0 unspecified atom stereocenters. The van der Waals surface area contributed by atoms with Crippen LogP contribution in [-0.4, -0.2) is 27.4 Å². The number of hydrogen-bond acceptors (Lipinski definition) is 5. The molecule has 0 bridgehead atoms. The Bertz CT molecular complexity index is 581. The highest BCUT2D eigenvalue weighted by atomic mass is 16.6. The molecule has 0 atom stereocenters. The number of nitro benzene ring substituents is 1. The first-order chi connectivity index (χ1) is 9.77. The molecule has 0 aliphatic heterocycles. The largest absolute Gasteiger partial charge is 0.480 e. The molecule has 0 spiro atoms. The summed E-state index contributed by atoms with van der Waals surface area (Å²) >= 11 is 0. The van der Waals surface area contributed by atoms with Gasteiger partial charge in [-0.3, -0.25) is 14.9 Å². The third-order valence-electron chi connectivity index (χ3n) is 3.47. The monoisotopic (exact) mass is 295 g/mol. The zero-order valence-electron chi connectivity index (χ0n) is 11.8. The van der Waals surface area contributed by atoms with Crippen molar-refractivity contribution in [3.05, 3.63) is 33.9 Å². The first kappa shape index (κ1) is 16.4. The lowest BCUT2D eigenvalue weighted by Crippen LogP contribution is -2.45. The molecule has 4 N–H and O–H groups in total. The lowest BCUT2D eigenvalue weighted by atomic mass is 9.92. The third-order valence-corrected chi connectivity index (χ3v) is 3.47. The van der Waals surface area contributed by atoms with E-state index in [-0.39, 0.29) is 29.8 Å². The van der Waals surface area contributed by atoms with Gasteiger partial charge in [0.05, 0.1) is 4.92 Å². The van der Waals surface area contributed by atoms with Crippen molar-refractivity contribution in [1.29, 1.82) is 0 Å². The van der Waals surface area contributed by atoms with Crippen LogP contribution in [0.25, 0.3) is 0 Å². The maximum absolute atomic E-state index is 11.4. The molecule has 0 aromatic heterocycles. The van der Waals surface area contributed by atoms with Gasteiger partial charge < -0.3 is 16.2 Å². The number of nitro groups is 1. The molecule has 1 aromatic rings. The molecular formula is C13H17N3O5. The normalized spacial score (nSPS) is 11.0. The van der Waals surface area contributed by atoms with E-state index in [2.05, 4.69) is 5.32 Å². The van der Waals surface area contributed by atoms with Crippen molar-refractivity contribution in [3.8, 4) is 0 Å². The number of primary amides is 1. The van der Waals surface area contributed by atoms with Crippen LogP contribution in [-0.2, 0) is 4.79 Å². The molecule has 0 aliphatic rings. The van der Waals surface area contributed by atoms with E-state index in [1.54, 1.807) is 13.8 Å². The molecule has 21 heavy (non-hydrogen) atoms. The SMILES string of the molecule is CCC(CC)(Nc1ccc(C(N)=O)cc1[N+](=O)[O-])C(=O)O. The molecule has 1 rings (SSSR count). The summed E-state index contributed by atoms with van der Waals surface area (Å²) in [5.41, 5.74) is 3.41. The van der Waals surface area contributed by atoms with E-state index in [1.165, 1.54) is 12.1 Å². The fraction of sp³-hybridized carbons (Fsp3) is 0.385. The highest BCUT2D eigenvalue weighted by Gasteiger charge is 2.36. The summed E-state index contributed by atoms with van der Waals surface area (Å²) in [6.45, 7) is 3.35. The van der Waals surface area contributed by atoms with Gasteiger partial charge in [-0.2, -0.15) is 0 Å². The summed E-state index contributed by atoms with van der Waals surface area (Å²) in [7, 11) is 0. The number of amides is 1. The molecule has 0 aliphatic carbocycles. The van der Waals surface area contributed by atoms with Crippen molar-refractivity contribution in [2.45, 2.75) is 32.2 Å². The first-order valence-electron chi connectivity index (χ1n) is 6.37. The molecule has 1 aromatic carbocycles. The Morgan fingerprint density at radius 1 is 1.38 bits per heavy atom. The lowest BCUT2D eigenvalue weighted by molar-refractivity contribution is -0.384. The van der Waals surface area contributed by atoms with Gasteiger partial charge in [0.2, 0.25) is 5.91 Å². The minimum absolute atomic E-state index is 0.0128. The van der Waals surface area contributed by atoms with Crippen LogP contribution < -0.4 is 11.1 Å². The highest BCUT2D eigenvalue weighted by molar-refractivity contribution is 5.94. The fourth-order valence-electron chi connectivity index (χ4n) is 1.98. The number of benzene rings is 1. The summed E-state index contributed by atoms with van der Waals surface area (Å²) in [4.78, 5) is 32.9. The third kappa shape index (κ3) is 3.28. The van der Waals surface area contributed by atoms with E-state index in [9.17, 15) is 24.8 Å². The number of carbonyl (C=O) groups excluding carboxylic acids is 1. The van der Waals surface area contributed by atoms with Crippen LogP contribution in [0.5, 0.6) is 0 Å². The number of nitrogens with zero attached hydrogens (tertiary/aromatic N) is 1. The quantitative estimate of drug-likeness (QED) is 0.518. The van der Waals surface area contributed by atoms with Crippen LogP contribution in [0.4, 0.5) is 11.4 Å². The molecule has 8 heteroatoms. The van der Waals surface area contributed by atoms with Gasteiger partial charge in [-0.1, -0.05) is 13.8 Å². The Hall–Kier alpha value is -2.64. The van der Waals surface area contributed by atoms with Crippen LogP contribution in [0, 0.1) is 10.1 Å². The molecule has 1 amide bonds. The molecule has 8 nitrogen and oxygen atoms in total. The van der Waals surface area contributed by atoms with Gasteiger partial charge in [0.1, 0.15) is 11.2 Å². The Kier molecular flexibility index (Phi) is 4.85. The number of anilines is 1. The van der Waals surface area contributed by atoms with Gasteiger partial charge in [0.25, 0.3) is 5.69 Å². The number of carboxylic acid groups (broad SMARTS) is 1. The van der Waals surface area contributed by atoms with Crippen LogP contribution in [0.1, 0.15) is 37.0 Å². The average Bonchev–Trinajstić information content (AvgIpc) is 2.44. The van der Waals surface area contributed by atoms with E-state index in [0.29, 0.717) is 0 Å². The van der Waals surface area contributed by atoms with Crippen LogP contribution in [0.15, 0.2) is 18.2 Å². The minimum atomic E-state index is -1.31. The highest BCUT2D eigenvalue weighted by Crippen LogP contribution is 2.31. The van der Waals surface area contributed by atoms with Gasteiger partial charge in [-0.25, -0.2) is 4.79 Å². The Morgan fingerprint density at radius 2 is 1.95 bits per heavy atom. The summed E-state index contributed by atoms with van der Waals surface area (Å²) in [6.07, 6.45) is 0.487. The zero-order valence-corrected chi connectivity index (χ0v) is 11.8. The predicted molar refractivity (Wildman–Crippen MR) is 76.2 cm³/mol. The van der Waals surface area contributed by atoms with Crippen molar-refractivity contribution >= 4 is 23.3 Å². The molecule has 0 fully saturated rings. The van der Waals surface area contributed by atoms with Crippen LogP contribution in [0.2, 0.25) is 0 Å². The van der Waals surface area contributed by atoms with Crippen molar-refractivity contribution < 1.29 is 19.6 Å². The van der Waals surface area contributed by atoms with Crippen molar-refractivity contribution in [1.82, 2.24) is 0 Å². The minimum Gasteiger partial charge on any atom is -0.480 e. The first-order valence-corrected chi connectivity index (χ1v) is 6.37. The molecular weight excluding hydrogens is 278 g/mol. The molecule has 0 saturated carbocycles. The Balaban J connectivity index is 3.33. The molecule has 114 valence electrons. The van der Waals surface area contributed by atoms with Crippen molar-refractivity contribution in [2.24, 2.45) is 5.73 Å². The van der Waals surface area contributed by atoms with Gasteiger partial charge in [-0.05, 0) is 25.0 Å². The van der Waals surface area contributed by atoms with Gasteiger partial charge in [0.15, 0.2) is 0 Å². The number of aliphatic carboxylic acids is 1. The maximum atomic E-state index is 11.4. The maximum Gasteiger partial charge on any atom is 0.329 e. The van der Waals surface area contributed by atoms with Gasteiger partial charge >= 0.3 is 5.97 Å². The second kappa shape index (κ2) is 6.21. The molecule has 0 saturated heterocycles. The van der Waals surface area contributed by atoms with Crippen molar-refractivity contribution in [3.63, 3.8) is 0 Å². The summed E-state index contributed by atoms with van der Waals surface area (Å²) in [6, 6.07) is 3.64. The Labute approximate surface area is 121 Å². The molecule has 0 heterocycles. The molecule has 0 radical (unpaired) electrons. The van der Waals surface area contributed by atoms with Gasteiger partial charge in [-0.15, -0.1) is 0 Å². The second-order valence-corrected chi connectivity index (χ2v) is 4.57. The smallest absolute Gasteiger partial charge is 0.329 e. The van der Waals surface area contributed by atoms with Crippen LogP contribution in [0.3, 0.4) is 0 Å². The average molecular weight is 295 g/mol. The summed E-state index contributed by atoms with van der Waals surface area (Å²) < 4.78 is 0. The fourth-order valence-corrected chi connectivity index (χ4v) is 1.98. The van der Waals surface area contributed by atoms with E-state index >= 15 is 0 Å². The number of carbonyl (C=O) groups is 2. The standard InChI is InChI=1S/C13H17N3O5/c1-3-13(4-2,12(18)19)15-9-6-5-8(11(14)17)7-10(9)16(20)21/h5-7,15H,3-4H2,1-2H3,(H2,14,17)(H,18,19). The summed E-state index contributed by atoms with van der Waals surface area (Å²) in [5.74, 6) is -1.89. The second-order valence-electron chi connectivity index (χ2n) is 4.57. The summed E-state index contributed by atoms with van der Waals surface area (Å²) in [5, 5.41) is 23.2. The Morgan fingerprint density at radius 3 is 2.33 bits per heavy atom.